The molecule has 1 aromatic rings. The van der Waals surface area contributed by atoms with Crippen molar-refractivity contribution in [1.82, 2.24) is 14.9 Å². The first-order valence-corrected chi connectivity index (χ1v) is 2.69. The summed E-state index contributed by atoms with van der Waals surface area (Å²) in [6.07, 6.45) is 0. The minimum Gasteiger partial charge on any atom is -0.335 e. The number of nitrogen functional groups attached to an aromatic ring is 1. The Balaban J connectivity index is 3.19. The first kappa shape index (κ1) is 5.77. The second-order valence-electron chi connectivity index (χ2n) is 1.17. The first-order valence-electron chi connectivity index (χ1n) is 1.80. The second-order valence-corrected chi connectivity index (χ2v) is 1.97. The summed E-state index contributed by atoms with van der Waals surface area (Å²) in [7, 11) is 0. The summed E-state index contributed by atoms with van der Waals surface area (Å²) in [5, 5.41) is 7.70. The van der Waals surface area contributed by atoms with Crippen LogP contribution in [0.25, 0.3) is 0 Å². The molecule has 0 saturated carbocycles. The van der Waals surface area contributed by atoms with Crippen LogP contribution in [0.1, 0.15) is 0 Å². The third-order valence-corrected chi connectivity index (χ3v) is 1.27. The van der Waals surface area contributed by atoms with Crippen LogP contribution >= 0.6 is 25.3 Å². The van der Waals surface area contributed by atoms with E-state index in [0.29, 0.717) is 10.3 Å². The monoisotopic (exact) mass is 148 g/mol. The summed E-state index contributed by atoms with van der Waals surface area (Å²) in [4.78, 5) is 0. The molecule has 1 heterocycles. The molecule has 0 spiro atoms. The van der Waals surface area contributed by atoms with Crippen molar-refractivity contribution in [2.45, 2.75) is 10.3 Å². The third-order valence-electron chi connectivity index (χ3n) is 0.660. The van der Waals surface area contributed by atoms with Crippen LogP contribution in [0.15, 0.2) is 10.3 Å². The number of hydrogen-bond acceptors (Lipinski definition) is 5. The van der Waals surface area contributed by atoms with Crippen molar-refractivity contribution in [3.63, 3.8) is 0 Å². The van der Waals surface area contributed by atoms with E-state index in [1.165, 1.54) is 4.68 Å². The molecule has 0 fully saturated rings. The quantitative estimate of drug-likeness (QED) is 0.345. The highest BCUT2D eigenvalue weighted by atomic mass is 32.1. The van der Waals surface area contributed by atoms with Gasteiger partial charge in [-0.25, -0.2) is 4.68 Å². The van der Waals surface area contributed by atoms with E-state index >= 15 is 0 Å². The van der Waals surface area contributed by atoms with Crippen LogP contribution in [0.4, 0.5) is 0 Å². The van der Waals surface area contributed by atoms with E-state index in [9.17, 15) is 0 Å². The summed E-state index contributed by atoms with van der Waals surface area (Å²) in [5.74, 6) is 5.24. The molecule has 1 rings (SSSR count). The molecule has 0 atom stereocenters. The average Bonchev–Trinajstić information content (AvgIpc) is 1.98. The van der Waals surface area contributed by atoms with Gasteiger partial charge in [0.25, 0.3) is 0 Å². The molecule has 0 unspecified atom stereocenters. The summed E-state index contributed by atoms with van der Waals surface area (Å²) in [5.41, 5.74) is 0. The fraction of sp³-hybridized carbons (Fsp3) is 0. The van der Waals surface area contributed by atoms with Gasteiger partial charge < -0.3 is 5.84 Å². The van der Waals surface area contributed by atoms with E-state index in [-0.39, 0.29) is 0 Å². The third kappa shape index (κ3) is 0.760. The lowest BCUT2D eigenvalue weighted by Crippen LogP contribution is -2.08. The predicted molar refractivity (Wildman–Crippen MR) is 34.7 cm³/mol. The summed E-state index contributed by atoms with van der Waals surface area (Å²) >= 11 is 7.67. The van der Waals surface area contributed by atoms with Crippen LogP contribution < -0.4 is 5.84 Å². The molecular formula is C2H4N4S2. The van der Waals surface area contributed by atoms with E-state index in [2.05, 4.69) is 35.5 Å². The number of aromatic nitrogens is 3. The molecule has 0 bridgehead atoms. The highest BCUT2D eigenvalue weighted by Gasteiger charge is 1.98. The zero-order valence-electron chi connectivity index (χ0n) is 3.81. The second kappa shape index (κ2) is 1.87. The number of nitrogens with zero attached hydrogens (tertiary/aromatic N) is 3. The number of rotatable bonds is 0. The normalized spacial score (nSPS) is 9.75. The SMILES string of the molecule is Nn1c(S)nnc1S. The van der Waals surface area contributed by atoms with Gasteiger partial charge in [-0.1, -0.05) is 0 Å². The van der Waals surface area contributed by atoms with Crippen molar-refractivity contribution in [2.24, 2.45) is 0 Å². The Labute approximate surface area is 56.9 Å². The molecule has 6 heteroatoms. The summed E-state index contributed by atoms with van der Waals surface area (Å²) in [6, 6.07) is 0. The number of thiol groups is 2. The van der Waals surface area contributed by atoms with Crippen LogP contribution in [-0.2, 0) is 0 Å². The van der Waals surface area contributed by atoms with E-state index in [1.807, 2.05) is 0 Å². The molecule has 0 aliphatic carbocycles. The van der Waals surface area contributed by atoms with Gasteiger partial charge in [-0.15, -0.1) is 35.5 Å². The van der Waals surface area contributed by atoms with Crippen molar-refractivity contribution in [3.05, 3.63) is 0 Å². The fourth-order valence-electron chi connectivity index (χ4n) is 0.275. The number of nitrogens with two attached hydrogens (primary N) is 1. The van der Waals surface area contributed by atoms with Gasteiger partial charge in [-0.05, 0) is 0 Å². The molecular weight excluding hydrogens is 144 g/mol. The van der Waals surface area contributed by atoms with Crippen molar-refractivity contribution in [3.8, 4) is 0 Å². The van der Waals surface area contributed by atoms with Crippen molar-refractivity contribution < 1.29 is 0 Å². The molecule has 2 N–H and O–H groups in total. The van der Waals surface area contributed by atoms with Gasteiger partial charge in [0.1, 0.15) is 0 Å². The Bertz CT molecular complexity index is 174. The van der Waals surface area contributed by atoms with E-state index in [4.69, 9.17) is 5.84 Å². The molecule has 44 valence electrons. The van der Waals surface area contributed by atoms with Crippen molar-refractivity contribution >= 4 is 25.3 Å². The van der Waals surface area contributed by atoms with Crippen LogP contribution in [0.2, 0.25) is 0 Å². The minimum atomic E-state index is 0.356. The van der Waals surface area contributed by atoms with Gasteiger partial charge in [-0.3, -0.25) is 0 Å². The Morgan fingerprint density at radius 2 is 1.62 bits per heavy atom. The van der Waals surface area contributed by atoms with Crippen LogP contribution in [-0.4, -0.2) is 14.9 Å². The largest absolute Gasteiger partial charge is 0.335 e. The van der Waals surface area contributed by atoms with Gasteiger partial charge in [0.15, 0.2) is 0 Å². The Kier molecular flexibility index (Phi) is 1.35. The summed E-state index contributed by atoms with van der Waals surface area (Å²) in [6.45, 7) is 0. The summed E-state index contributed by atoms with van der Waals surface area (Å²) < 4.78 is 1.17. The van der Waals surface area contributed by atoms with Gasteiger partial charge in [-0.2, -0.15) is 0 Å². The Hall–Kier alpha value is -0.360. The lowest BCUT2D eigenvalue weighted by molar-refractivity contribution is 0.787. The maximum Gasteiger partial charge on any atom is 0.207 e. The molecule has 4 nitrogen and oxygen atoms in total. The van der Waals surface area contributed by atoms with E-state index in [1.54, 1.807) is 0 Å². The van der Waals surface area contributed by atoms with Crippen LogP contribution in [0, 0.1) is 0 Å². The van der Waals surface area contributed by atoms with Crippen LogP contribution in [0.5, 0.6) is 0 Å². The topological polar surface area (TPSA) is 56.7 Å². The molecule has 0 aromatic carbocycles. The molecule has 1 aromatic heterocycles. The lowest BCUT2D eigenvalue weighted by Gasteiger charge is -1.89. The predicted octanol–water partition coefficient (Wildman–Crippen LogP) is -0.431. The Morgan fingerprint density at radius 1 is 1.25 bits per heavy atom. The zero-order chi connectivity index (χ0) is 6.15. The maximum atomic E-state index is 5.24. The molecule has 0 amide bonds. The molecule has 0 radical (unpaired) electrons. The standard InChI is InChI=1S/C2H4N4S2/c3-6-1(7)4-5-2(6)8/h3H2,(H,4,7)(H,5,8). The maximum absolute atomic E-state index is 5.24. The van der Waals surface area contributed by atoms with E-state index < -0.39 is 0 Å². The van der Waals surface area contributed by atoms with E-state index in [0.717, 1.165) is 0 Å². The van der Waals surface area contributed by atoms with Gasteiger partial charge in [0.2, 0.25) is 10.3 Å². The van der Waals surface area contributed by atoms with Crippen molar-refractivity contribution in [2.75, 3.05) is 5.84 Å². The fourth-order valence-corrected chi connectivity index (χ4v) is 0.633. The minimum absolute atomic E-state index is 0.356. The average molecular weight is 148 g/mol. The van der Waals surface area contributed by atoms with Gasteiger partial charge >= 0.3 is 0 Å². The molecule has 0 aliphatic heterocycles. The smallest absolute Gasteiger partial charge is 0.207 e. The first-order chi connectivity index (χ1) is 3.72. The highest BCUT2D eigenvalue weighted by Crippen LogP contribution is 2.02. The molecule has 8 heavy (non-hydrogen) atoms. The highest BCUT2D eigenvalue weighted by molar-refractivity contribution is 7.80. The van der Waals surface area contributed by atoms with Crippen molar-refractivity contribution in [1.29, 1.82) is 0 Å². The lowest BCUT2D eigenvalue weighted by atomic mass is 11.2. The van der Waals surface area contributed by atoms with Gasteiger partial charge in [0, 0.05) is 0 Å². The van der Waals surface area contributed by atoms with Crippen LogP contribution in [0.3, 0.4) is 0 Å². The Morgan fingerprint density at radius 3 is 1.75 bits per heavy atom. The van der Waals surface area contributed by atoms with Gasteiger partial charge in [0.05, 0.1) is 0 Å². The molecule has 0 aliphatic rings. The zero-order valence-corrected chi connectivity index (χ0v) is 5.60. The molecule has 0 saturated heterocycles. The number of hydrogen-bond donors (Lipinski definition) is 3.